The van der Waals surface area contributed by atoms with E-state index in [0.29, 0.717) is 12.8 Å². The van der Waals surface area contributed by atoms with Gasteiger partial charge in [-0.2, -0.15) is 0 Å². The second-order valence-corrected chi connectivity index (χ2v) is 5.00. The molecular formula is C14H14BrNO2. The highest BCUT2D eigenvalue weighted by Gasteiger charge is 2.06. The van der Waals surface area contributed by atoms with Gasteiger partial charge in [0.2, 0.25) is 5.91 Å². The van der Waals surface area contributed by atoms with Crippen molar-refractivity contribution in [3.63, 3.8) is 0 Å². The highest BCUT2D eigenvalue weighted by molar-refractivity contribution is 9.10. The first-order valence-electron chi connectivity index (χ1n) is 5.73. The molecule has 18 heavy (non-hydrogen) atoms. The quantitative estimate of drug-likeness (QED) is 0.930. The molecule has 0 aliphatic carbocycles. The molecule has 1 amide bonds. The Hall–Kier alpha value is -1.55. The first kappa shape index (κ1) is 12.9. The van der Waals surface area contributed by atoms with Crippen molar-refractivity contribution in [1.82, 2.24) is 0 Å². The highest BCUT2D eigenvalue weighted by Crippen LogP contribution is 2.20. The fraction of sp³-hybridized carbons (Fsp3) is 0.214. The van der Waals surface area contributed by atoms with Crippen molar-refractivity contribution in [2.45, 2.75) is 19.8 Å². The number of hydrogen-bond acceptors (Lipinski definition) is 2. The topological polar surface area (TPSA) is 42.2 Å². The molecule has 0 saturated heterocycles. The minimum absolute atomic E-state index is 0.00685. The molecule has 1 heterocycles. The first-order valence-corrected chi connectivity index (χ1v) is 6.53. The van der Waals surface area contributed by atoms with Crippen LogP contribution in [0.1, 0.15) is 17.7 Å². The molecule has 2 aromatic rings. The molecule has 1 aromatic carbocycles. The minimum Gasteiger partial charge on any atom is -0.469 e. The molecule has 0 spiro atoms. The molecule has 2 rings (SSSR count). The largest absolute Gasteiger partial charge is 0.469 e. The Bertz CT molecular complexity index is 535. The predicted molar refractivity (Wildman–Crippen MR) is 74.5 cm³/mol. The first-order chi connectivity index (χ1) is 8.65. The summed E-state index contributed by atoms with van der Waals surface area (Å²) in [6.45, 7) is 1.97. The van der Waals surface area contributed by atoms with E-state index >= 15 is 0 Å². The average Bonchev–Trinajstić information content (AvgIpc) is 2.84. The standard InChI is InChI=1S/C14H14BrNO2/c1-10-4-5-11(15)9-13(10)16-14(17)7-6-12-3-2-8-18-12/h2-5,8-9H,6-7H2,1H3,(H,16,17). The van der Waals surface area contributed by atoms with E-state index in [9.17, 15) is 4.79 Å². The number of anilines is 1. The second kappa shape index (κ2) is 5.87. The third-order valence-corrected chi connectivity index (χ3v) is 3.15. The van der Waals surface area contributed by atoms with Crippen LogP contribution < -0.4 is 5.32 Å². The monoisotopic (exact) mass is 307 g/mol. The fourth-order valence-electron chi connectivity index (χ4n) is 1.63. The van der Waals surface area contributed by atoms with Gasteiger partial charge in [0, 0.05) is 23.0 Å². The van der Waals surface area contributed by atoms with E-state index in [2.05, 4.69) is 21.2 Å². The summed E-state index contributed by atoms with van der Waals surface area (Å²) in [5.41, 5.74) is 1.89. The van der Waals surface area contributed by atoms with Crippen LogP contribution in [0.2, 0.25) is 0 Å². The molecule has 4 heteroatoms. The summed E-state index contributed by atoms with van der Waals surface area (Å²) in [4.78, 5) is 11.8. The normalized spacial score (nSPS) is 10.3. The smallest absolute Gasteiger partial charge is 0.224 e. The van der Waals surface area contributed by atoms with Crippen molar-refractivity contribution < 1.29 is 9.21 Å². The van der Waals surface area contributed by atoms with E-state index in [1.165, 1.54) is 0 Å². The van der Waals surface area contributed by atoms with Crippen LogP contribution in [0.4, 0.5) is 5.69 Å². The predicted octanol–water partition coefficient (Wildman–Crippen LogP) is 3.92. The van der Waals surface area contributed by atoms with Crippen molar-refractivity contribution in [1.29, 1.82) is 0 Å². The maximum atomic E-state index is 11.8. The van der Waals surface area contributed by atoms with Crippen molar-refractivity contribution in [3.05, 3.63) is 52.4 Å². The number of amides is 1. The van der Waals surface area contributed by atoms with Gasteiger partial charge in [0.05, 0.1) is 6.26 Å². The molecule has 1 N–H and O–H groups in total. The summed E-state index contributed by atoms with van der Waals surface area (Å²) in [7, 11) is 0. The number of carbonyl (C=O) groups is 1. The molecule has 0 saturated carbocycles. The lowest BCUT2D eigenvalue weighted by molar-refractivity contribution is -0.116. The maximum Gasteiger partial charge on any atom is 0.224 e. The SMILES string of the molecule is Cc1ccc(Br)cc1NC(=O)CCc1ccco1. The number of carbonyl (C=O) groups excluding carboxylic acids is 1. The highest BCUT2D eigenvalue weighted by atomic mass is 79.9. The van der Waals surface area contributed by atoms with Crippen LogP contribution in [0.15, 0.2) is 45.5 Å². The number of benzene rings is 1. The Kier molecular flexibility index (Phi) is 4.20. The summed E-state index contributed by atoms with van der Waals surface area (Å²) >= 11 is 3.39. The summed E-state index contributed by atoms with van der Waals surface area (Å²) in [6.07, 6.45) is 2.65. The molecule has 0 fully saturated rings. The Morgan fingerprint density at radius 1 is 1.39 bits per heavy atom. The summed E-state index contributed by atoms with van der Waals surface area (Å²) < 4.78 is 6.14. The summed E-state index contributed by atoms with van der Waals surface area (Å²) in [5, 5.41) is 2.90. The summed E-state index contributed by atoms with van der Waals surface area (Å²) in [6, 6.07) is 9.52. The van der Waals surface area contributed by atoms with Gasteiger partial charge in [-0.25, -0.2) is 0 Å². The van der Waals surface area contributed by atoms with Crippen molar-refractivity contribution in [3.8, 4) is 0 Å². The maximum absolute atomic E-state index is 11.8. The minimum atomic E-state index is -0.00685. The van der Waals surface area contributed by atoms with Crippen molar-refractivity contribution in [2.75, 3.05) is 5.32 Å². The van der Waals surface area contributed by atoms with E-state index < -0.39 is 0 Å². The zero-order chi connectivity index (χ0) is 13.0. The fourth-order valence-corrected chi connectivity index (χ4v) is 1.99. The third kappa shape index (κ3) is 3.47. The van der Waals surface area contributed by atoms with Gasteiger partial charge in [0.1, 0.15) is 5.76 Å². The van der Waals surface area contributed by atoms with Crippen molar-refractivity contribution in [2.24, 2.45) is 0 Å². The number of aryl methyl sites for hydroxylation is 2. The molecule has 0 aliphatic rings. The average molecular weight is 308 g/mol. The van der Waals surface area contributed by atoms with Gasteiger partial charge in [0.25, 0.3) is 0 Å². The number of rotatable bonds is 4. The van der Waals surface area contributed by atoms with Gasteiger partial charge in [-0.05, 0) is 36.8 Å². The van der Waals surface area contributed by atoms with E-state index in [4.69, 9.17) is 4.42 Å². The third-order valence-electron chi connectivity index (χ3n) is 2.65. The Labute approximate surface area is 114 Å². The van der Waals surface area contributed by atoms with Gasteiger partial charge < -0.3 is 9.73 Å². The van der Waals surface area contributed by atoms with Crippen LogP contribution in [0, 0.1) is 6.92 Å². The molecule has 0 aliphatic heterocycles. The molecule has 94 valence electrons. The lowest BCUT2D eigenvalue weighted by atomic mass is 10.2. The Morgan fingerprint density at radius 3 is 2.94 bits per heavy atom. The van der Waals surface area contributed by atoms with Gasteiger partial charge in [-0.1, -0.05) is 22.0 Å². The van der Waals surface area contributed by atoms with Crippen LogP contribution in [-0.2, 0) is 11.2 Å². The van der Waals surface area contributed by atoms with Gasteiger partial charge in [0.15, 0.2) is 0 Å². The van der Waals surface area contributed by atoms with Crippen LogP contribution in [0.25, 0.3) is 0 Å². The molecule has 0 unspecified atom stereocenters. The molecule has 0 radical (unpaired) electrons. The van der Waals surface area contributed by atoms with Crippen LogP contribution in [0.5, 0.6) is 0 Å². The Morgan fingerprint density at radius 2 is 2.22 bits per heavy atom. The number of hydrogen-bond donors (Lipinski definition) is 1. The van der Waals surface area contributed by atoms with E-state index in [1.54, 1.807) is 6.26 Å². The molecular weight excluding hydrogens is 294 g/mol. The van der Waals surface area contributed by atoms with E-state index in [1.807, 2.05) is 37.3 Å². The molecule has 0 bridgehead atoms. The Balaban J connectivity index is 1.92. The zero-order valence-electron chi connectivity index (χ0n) is 10.1. The molecule has 0 atom stereocenters. The lowest BCUT2D eigenvalue weighted by Gasteiger charge is -2.08. The van der Waals surface area contributed by atoms with Gasteiger partial charge in [-0.15, -0.1) is 0 Å². The summed E-state index contributed by atoms with van der Waals surface area (Å²) in [5.74, 6) is 0.823. The lowest BCUT2D eigenvalue weighted by Crippen LogP contribution is -2.13. The van der Waals surface area contributed by atoms with Gasteiger partial charge >= 0.3 is 0 Å². The number of furan rings is 1. The van der Waals surface area contributed by atoms with Crippen LogP contribution in [0.3, 0.4) is 0 Å². The number of halogens is 1. The van der Waals surface area contributed by atoms with E-state index in [0.717, 1.165) is 21.5 Å². The second-order valence-electron chi connectivity index (χ2n) is 4.09. The van der Waals surface area contributed by atoms with Crippen LogP contribution in [-0.4, -0.2) is 5.91 Å². The van der Waals surface area contributed by atoms with Crippen molar-refractivity contribution >= 4 is 27.5 Å². The van der Waals surface area contributed by atoms with Crippen LogP contribution >= 0.6 is 15.9 Å². The van der Waals surface area contributed by atoms with E-state index in [-0.39, 0.29) is 5.91 Å². The molecule has 3 nitrogen and oxygen atoms in total. The van der Waals surface area contributed by atoms with Gasteiger partial charge in [-0.3, -0.25) is 4.79 Å². The number of nitrogens with one attached hydrogen (secondary N) is 1. The zero-order valence-corrected chi connectivity index (χ0v) is 11.7. The molecule has 1 aromatic heterocycles.